The molecule has 2 aromatic heterocycles. The molecule has 2 heterocycles. The van der Waals surface area contributed by atoms with Crippen LogP contribution in [0.2, 0.25) is 0 Å². The Hall–Kier alpha value is -1.15. The second-order valence-electron chi connectivity index (χ2n) is 2.32. The zero-order chi connectivity index (χ0) is 7.68. The Morgan fingerprint density at radius 1 is 1.18 bits per heavy atom. The van der Waals surface area contributed by atoms with Crippen LogP contribution in [0.1, 0.15) is 5.56 Å². The molecule has 0 aliphatic rings. The van der Waals surface area contributed by atoms with Gasteiger partial charge in [0.15, 0.2) is 0 Å². The Kier molecular flexibility index (Phi) is 1.47. The van der Waals surface area contributed by atoms with E-state index in [1.807, 2.05) is 41.1 Å². The molecule has 0 atom stereocenters. The first-order chi connectivity index (χ1) is 5.42. The standard InChI is InChI=1S/C9H6NS/c11-7-8-4-6-10-5-2-1-3-9(8)10/h1-6H. The Labute approximate surface area is 70.3 Å². The maximum atomic E-state index is 4.74. The van der Waals surface area contributed by atoms with E-state index in [0.717, 1.165) is 11.1 Å². The third kappa shape index (κ3) is 0.955. The Balaban J connectivity index is 2.86. The summed E-state index contributed by atoms with van der Waals surface area (Å²) in [6, 6.07) is 7.96. The van der Waals surface area contributed by atoms with Gasteiger partial charge in [-0.05, 0) is 18.2 Å². The van der Waals surface area contributed by atoms with E-state index >= 15 is 0 Å². The van der Waals surface area contributed by atoms with Gasteiger partial charge < -0.3 is 4.40 Å². The van der Waals surface area contributed by atoms with Crippen molar-refractivity contribution in [3.05, 3.63) is 42.2 Å². The lowest BCUT2D eigenvalue weighted by Crippen LogP contribution is -1.80. The SMILES string of the molecule is S=[C]c1ccn2ccccc12. The fourth-order valence-corrected chi connectivity index (χ4v) is 1.31. The smallest absolute Gasteiger partial charge is 0.0658 e. The molecule has 0 saturated heterocycles. The van der Waals surface area contributed by atoms with E-state index in [0.29, 0.717) is 0 Å². The van der Waals surface area contributed by atoms with E-state index < -0.39 is 0 Å². The van der Waals surface area contributed by atoms with Crippen molar-refractivity contribution in [2.75, 3.05) is 0 Å². The highest BCUT2D eigenvalue weighted by Crippen LogP contribution is 2.09. The molecule has 0 amide bonds. The lowest BCUT2D eigenvalue weighted by atomic mass is 10.3. The number of nitrogens with zero attached hydrogens (tertiary/aromatic N) is 1. The molecule has 2 aromatic rings. The van der Waals surface area contributed by atoms with Gasteiger partial charge in [-0.15, -0.1) is 0 Å². The van der Waals surface area contributed by atoms with Crippen LogP contribution in [0.15, 0.2) is 36.7 Å². The molecule has 2 heteroatoms. The number of aromatic nitrogens is 1. The van der Waals surface area contributed by atoms with Crippen LogP contribution in [0.5, 0.6) is 0 Å². The van der Waals surface area contributed by atoms with Crippen LogP contribution in [0.25, 0.3) is 5.52 Å². The Morgan fingerprint density at radius 2 is 2.09 bits per heavy atom. The predicted octanol–water partition coefficient (Wildman–Crippen LogP) is 2.16. The highest BCUT2D eigenvalue weighted by atomic mass is 32.1. The zero-order valence-electron chi connectivity index (χ0n) is 5.82. The summed E-state index contributed by atoms with van der Waals surface area (Å²) in [5, 5.41) is 2.71. The van der Waals surface area contributed by atoms with E-state index in [2.05, 4.69) is 5.37 Å². The van der Waals surface area contributed by atoms with Crippen LogP contribution >= 0.6 is 12.2 Å². The second kappa shape index (κ2) is 2.47. The average Bonchev–Trinajstić information content (AvgIpc) is 2.47. The predicted molar refractivity (Wildman–Crippen MR) is 49.1 cm³/mol. The molecule has 0 unspecified atom stereocenters. The quantitative estimate of drug-likeness (QED) is 0.578. The first-order valence-corrected chi connectivity index (χ1v) is 3.76. The summed E-state index contributed by atoms with van der Waals surface area (Å²) in [5.74, 6) is 0. The van der Waals surface area contributed by atoms with Gasteiger partial charge in [0.1, 0.15) is 0 Å². The monoisotopic (exact) mass is 160 g/mol. The summed E-state index contributed by atoms with van der Waals surface area (Å²) in [7, 11) is 0. The van der Waals surface area contributed by atoms with Crippen molar-refractivity contribution in [2.24, 2.45) is 0 Å². The van der Waals surface area contributed by atoms with Crippen molar-refractivity contribution < 1.29 is 0 Å². The molecule has 1 radical (unpaired) electrons. The average molecular weight is 160 g/mol. The van der Waals surface area contributed by atoms with Crippen LogP contribution in [0.4, 0.5) is 0 Å². The van der Waals surface area contributed by atoms with Gasteiger partial charge in [-0.3, -0.25) is 0 Å². The van der Waals surface area contributed by atoms with E-state index in [-0.39, 0.29) is 0 Å². The molecule has 0 saturated carbocycles. The zero-order valence-corrected chi connectivity index (χ0v) is 6.64. The summed E-state index contributed by atoms with van der Waals surface area (Å²) in [6.45, 7) is 0. The number of pyridine rings is 1. The van der Waals surface area contributed by atoms with Crippen LogP contribution in [-0.4, -0.2) is 9.77 Å². The maximum absolute atomic E-state index is 4.74. The summed E-state index contributed by atoms with van der Waals surface area (Å²) >= 11 is 4.74. The molecule has 53 valence electrons. The molecule has 0 N–H and O–H groups in total. The highest BCUT2D eigenvalue weighted by Gasteiger charge is 1.96. The molecule has 11 heavy (non-hydrogen) atoms. The summed E-state index contributed by atoms with van der Waals surface area (Å²) in [6.07, 6.45) is 3.97. The van der Waals surface area contributed by atoms with Gasteiger partial charge in [0.05, 0.1) is 10.9 Å². The summed E-state index contributed by atoms with van der Waals surface area (Å²) in [4.78, 5) is 0. The van der Waals surface area contributed by atoms with Gasteiger partial charge in [0.25, 0.3) is 0 Å². The topological polar surface area (TPSA) is 4.41 Å². The van der Waals surface area contributed by atoms with E-state index in [9.17, 15) is 0 Å². The Bertz CT molecular complexity index is 389. The molecular weight excluding hydrogens is 154 g/mol. The van der Waals surface area contributed by atoms with Gasteiger partial charge in [-0.2, -0.15) is 0 Å². The first kappa shape index (κ1) is 6.55. The minimum atomic E-state index is 0.987. The Morgan fingerprint density at radius 3 is 2.91 bits per heavy atom. The molecule has 0 aromatic carbocycles. The van der Waals surface area contributed by atoms with Crippen molar-refractivity contribution in [1.29, 1.82) is 0 Å². The number of hydrogen-bond acceptors (Lipinski definition) is 1. The molecule has 0 aliphatic carbocycles. The van der Waals surface area contributed by atoms with Crippen molar-refractivity contribution in [3.8, 4) is 0 Å². The second-order valence-corrected chi connectivity index (χ2v) is 2.53. The highest BCUT2D eigenvalue weighted by molar-refractivity contribution is 7.79. The number of rotatable bonds is 1. The van der Waals surface area contributed by atoms with Crippen molar-refractivity contribution in [2.45, 2.75) is 0 Å². The van der Waals surface area contributed by atoms with Gasteiger partial charge in [-0.25, -0.2) is 0 Å². The van der Waals surface area contributed by atoms with Gasteiger partial charge in [0.2, 0.25) is 0 Å². The molecule has 2 rings (SSSR count). The largest absolute Gasteiger partial charge is 0.323 e. The van der Waals surface area contributed by atoms with Gasteiger partial charge >= 0.3 is 0 Å². The fourth-order valence-electron chi connectivity index (χ4n) is 1.14. The number of fused-ring (bicyclic) bond motifs is 1. The molecule has 0 fully saturated rings. The fraction of sp³-hybridized carbons (Fsp3) is 0. The third-order valence-electron chi connectivity index (χ3n) is 1.68. The summed E-state index contributed by atoms with van der Waals surface area (Å²) in [5.41, 5.74) is 2.10. The van der Waals surface area contributed by atoms with Crippen molar-refractivity contribution in [3.63, 3.8) is 0 Å². The van der Waals surface area contributed by atoms with Gasteiger partial charge in [0, 0.05) is 18.0 Å². The first-order valence-electron chi connectivity index (χ1n) is 3.35. The van der Waals surface area contributed by atoms with E-state index in [1.165, 1.54) is 0 Å². The van der Waals surface area contributed by atoms with E-state index in [1.54, 1.807) is 0 Å². The minimum Gasteiger partial charge on any atom is -0.323 e. The lowest BCUT2D eigenvalue weighted by molar-refractivity contribution is 1.20. The van der Waals surface area contributed by atoms with Crippen LogP contribution < -0.4 is 0 Å². The number of hydrogen-bond donors (Lipinski definition) is 0. The van der Waals surface area contributed by atoms with Crippen LogP contribution in [0, 0.1) is 0 Å². The third-order valence-corrected chi connectivity index (χ3v) is 1.90. The molecule has 0 aliphatic heterocycles. The minimum absolute atomic E-state index is 0.987. The van der Waals surface area contributed by atoms with Gasteiger partial charge in [-0.1, -0.05) is 18.3 Å². The number of thiocarbonyl (C=S) groups is 1. The summed E-state index contributed by atoms with van der Waals surface area (Å²) < 4.78 is 2.02. The molecule has 0 bridgehead atoms. The normalized spacial score (nSPS) is 10.2. The van der Waals surface area contributed by atoms with E-state index in [4.69, 9.17) is 12.2 Å². The maximum Gasteiger partial charge on any atom is 0.0658 e. The molecular formula is C9H6NS. The van der Waals surface area contributed by atoms with Crippen LogP contribution in [0.3, 0.4) is 0 Å². The lowest BCUT2D eigenvalue weighted by Gasteiger charge is -1.91. The van der Waals surface area contributed by atoms with Crippen molar-refractivity contribution >= 4 is 23.1 Å². The molecule has 1 nitrogen and oxygen atoms in total. The van der Waals surface area contributed by atoms with Crippen molar-refractivity contribution in [1.82, 2.24) is 4.40 Å². The van der Waals surface area contributed by atoms with Crippen LogP contribution in [-0.2, 0) is 0 Å². The molecule has 0 spiro atoms.